The zero-order valence-corrected chi connectivity index (χ0v) is 10.8. The van der Waals surface area contributed by atoms with Gasteiger partial charge in [-0.1, -0.05) is 6.07 Å². The van der Waals surface area contributed by atoms with Gasteiger partial charge in [0.25, 0.3) is 0 Å². The number of carbonyl (C=O) groups excluding carboxylic acids is 1. The standard InChI is InChI=1S/C13H16ClFN2O/c14-6-4-13(18)16-11-5-7-17(9-11)12-3-1-2-10(15)8-12/h1-3,8,11H,4-7,9H2,(H,16,18). The molecule has 98 valence electrons. The summed E-state index contributed by atoms with van der Waals surface area (Å²) in [5, 5.41) is 2.94. The minimum atomic E-state index is -0.234. The first-order valence-corrected chi connectivity index (χ1v) is 6.58. The van der Waals surface area contributed by atoms with Crippen molar-refractivity contribution >= 4 is 23.2 Å². The van der Waals surface area contributed by atoms with Gasteiger partial charge in [0.15, 0.2) is 0 Å². The number of anilines is 1. The molecule has 2 rings (SSSR count). The number of nitrogens with one attached hydrogen (secondary N) is 1. The molecule has 1 aromatic carbocycles. The maximum absolute atomic E-state index is 13.1. The summed E-state index contributed by atoms with van der Waals surface area (Å²) in [6, 6.07) is 6.65. The van der Waals surface area contributed by atoms with Crippen LogP contribution >= 0.6 is 11.6 Å². The van der Waals surface area contributed by atoms with Gasteiger partial charge in [-0.25, -0.2) is 4.39 Å². The first-order chi connectivity index (χ1) is 8.69. The summed E-state index contributed by atoms with van der Waals surface area (Å²) in [5.41, 5.74) is 0.865. The molecule has 0 aliphatic carbocycles. The maximum Gasteiger partial charge on any atom is 0.221 e. The summed E-state index contributed by atoms with van der Waals surface area (Å²) in [4.78, 5) is 13.5. The monoisotopic (exact) mass is 270 g/mol. The second-order valence-electron chi connectivity index (χ2n) is 4.42. The Balaban J connectivity index is 1.90. The zero-order chi connectivity index (χ0) is 13.0. The molecule has 1 amide bonds. The topological polar surface area (TPSA) is 32.3 Å². The van der Waals surface area contributed by atoms with Gasteiger partial charge < -0.3 is 10.2 Å². The normalized spacial score (nSPS) is 19.0. The van der Waals surface area contributed by atoms with E-state index in [1.807, 2.05) is 6.07 Å². The predicted molar refractivity (Wildman–Crippen MR) is 70.5 cm³/mol. The van der Waals surface area contributed by atoms with Crippen LogP contribution in [0.25, 0.3) is 0 Å². The van der Waals surface area contributed by atoms with Crippen molar-refractivity contribution in [1.29, 1.82) is 0 Å². The summed E-state index contributed by atoms with van der Waals surface area (Å²) in [6.07, 6.45) is 1.22. The molecule has 1 N–H and O–H groups in total. The number of hydrogen-bond donors (Lipinski definition) is 1. The summed E-state index contributed by atoms with van der Waals surface area (Å²) in [7, 11) is 0. The second kappa shape index (κ2) is 6.05. The molecule has 1 unspecified atom stereocenters. The van der Waals surface area contributed by atoms with Crippen LogP contribution in [0.5, 0.6) is 0 Å². The number of rotatable bonds is 4. The van der Waals surface area contributed by atoms with Gasteiger partial charge in [-0.15, -0.1) is 11.6 Å². The first kappa shape index (κ1) is 13.1. The van der Waals surface area contributed by atoms with E-state index in [-0.39, 0.29) is 17.8 Å². The van der Waals surface area contributed by atoms with E-state index >= 15 is 0 Å². The van der Waals surface area contributed by atoms with Crippen LogP contribution in [0.4, 0.5) is 10.1 Å². The van der Waals surface area contributed by atoms with Crippen LogP contribution in [0, 0.1) is 5.82 Å². The number of carbonyl (C=O) groups is 1. The minimum absolute atomic E-state index is 0.0175. The Morgan fingerprint density at radius 1 is 1.56 bits per heavy atom. The molecule has 1 fully saturated rings. The third-order valence-electron chi connectivity index (χ3n) is 3.05. The van der Waals surface area contributed by atoms with E-state index in [1.165, 1.54) is 12.1 Å². The van der Waals surface area contributed by atoms with Crippen LogP contribution in [0.15, 0.2) is 24.3 Å². The highest BCUT2D eigenvalue weighted by Crippen LogP contribution is 2.21. The molecule has 18 heavy (non-hydrogen) atoms. The van der Waals surface area contributed by atoms with Crippen LogP contribution < -0.4 is 10.2 Å². The first-order valence-electron chi connectivity index (χ1n) is 6.05. The van der Waals surface area contributed by atoms with Crippen LogP contribution in [0.2, 0.25) is 0 Å². The number of amides is 1. The predicted octanol–water partition coefficient (Wildman–Crippen LogP) is 2.15. The van der Waals surface area contributed by atoms with E-state index in [0.717, 1.165) is 25.2 Å². The average molecular weight is 271 g/mol. The van der Waals surface area contributed by atoms with E-state index in [4.69, 9.17) is 11.6 Å². The Bertz CT molecular complexity index is 427. The fourth-order valence-corrected chi connectivity index (χ4v) is 2.34. The molecule has 0 spiro atoms. The van der Waals surface area contributed by atoms with Crippen LogP contribution in [-0.4, -0.2) is 30.9 Å². The molecule has 1 saturated heterocycles. The SMILES string of the molecule is O=C(CCCl)NC1CCN(c2cccc(F)c2)C1. The second-order valence-corrected chi connectivity index (χ2v) is 4.80. The molecular weight excluding hydrogens is 255 g/mol. The summed E-state index contributed by atoms with van der Waals surface area (Å²) in [5.74, 6) is 0.0878. The summed E-state index contributed by atoms with van der Waals surface area (Å²) < 4.78 is 13.1. The molecule has 1 aliphatic rings. The van der Waals surface area contributed by atoms with E-state index in [1.54, 1.807) is 6.07 Å². The average Bonchev–Trinajstić information content (AvgIpc) is 2.78. The maximum atomic E-state index is 13.1. The zero-order valence-electron chi connectivity index (χ0n) is 10.0. The fraction of sp³-hybridized carbons (Fsp3) is 0.462. The number of hydrogen-bond acceptors (Lipinski definition) is 2. The smallest absolute Gasteiger partial charge is 0.221 e. The highest BCUT2D eigenvalue weighted by Gasteiger charge is 2.23. The molecule has 1 atom stereocenters. The van der Waals surface area contributed by atoms with Crippen molar-refractivity contribution in [1.82, 2.24) is 5.32 Å². The van der Waals surface area contributed by atoms with E-state index in [0.29, 0.717) is 12.3 Å². The lowest BCUT2D eigenvalue weighted by atomic mass is 10.2. The van der Waals surface area contributed by atoms with Crippen molar-refractivity contribution in [2.75, 3.05) is 23.9 Å². The van der Waals surface area contributed by atoms with Gasteiger partial charge in [0.1, 0.15) is 5.82 Å². The van der Waals surface area contributed by atoms with Crippen LogP contribution in [0.3, 0.4) is 0 Å². The number of halogens is 2. The van der Waals surface area contributed by atoms with Gasteiger partial charge in [-0.3, -0.25) is 4.79 Å². The van der Waals surface area contributed by atoms with Crippen LogP contribution in [-0.2, 0) is 4.79 Å². The largest absolute Gasteiger partial charge is 0.369 e. The van der Waals surface area contributed by atoms with Gasteiger partial charge in [0.05, 0.1) is 0 Å². The molecule has 0 aromatic heterocycles. The lowest BCUT2D eigenvalue weighted by Gasteiger charge is -2.19. The van der Waals surface area contributed by atoms with Crippen molar-refractivity contribution in [3.05, 3.63) is 30.1 Å². The highest BCUT2D eigenvalue weighted by atomic mass is 35.5. The third kappa shape index (κ3) is 3.35. The fourth-order valence-electron chi connectivity index (χ4n) is 2.17. The lowest BCUT2D eigenvalue weighted by Crippen LogP contribution is -2.37. The van der Waals surface area contributed by atoms with Gasteiger partial charge >= 0.3 is 0 Å². The Hall–Kier alpha value is -1.29. The molecule has 1 aromatic rings. The quantitative estimate of drug-likeness (QED) is 0.851. The van der Waals surface area contributed by atoms with Gasteiger partial charge in [-0.05, 0) is 24.6 Å². The van der Waals surface area contributed by atoms with Gasteiger partial charge in [0.2, 0.25) is 5.91 Å². The molecule has 0 saturated carbocycles. The molecule has 5 heteroatoms. The highest BCUT2D eigenvalue weighted by molar-refractivity contribution is 6.18. The molecule has 0 radical (unpaired) electrons. The Kier molecular flexibility index (Phi) is 4.42. The number of nitrogens with zero attached hydrogens (tertiary/aromatic N) is 1. The molecule has 1 aliphatic heterocycles. The summed E-state index contributed by atoms with van der Waals surface area (Å²) in [6.45, 7) is 1.55. The minimum Gasteiger partial charge on any atom is -0.369 e. The van der Waals surface area contributed by atoms with E-state index < -0.39 is 0 Å². The van der Waals surface area contributed by atoms with Gasteiger partial charge in [-0.2, -0.15) is 0 Å². The molecule has 3 nitrogen and oxygen atoms in total. The van der Waals surface area contributed by atoms with Crippen molar-refractivity contribution in [2.45, 2.75) is 18.9 Å². The third-order valence-corrected chi connectivity index (χ3v) is 3.24. The molecular formula is C13H16ClFN2O. The van der Waals surface area contributed by atoms with Gasteiger partial charge in [0, 0.05) is 37.1 Å². The lowest BCUT2D eigenvalue weighted by molar-refractivity contribution is -0.121. The van der Waals surface area contributed by atoms with E-state index in [9.17, 15) is 9.18 Å². The van der Waals surface area contributed by atoms with Crippen molar-refractivity contribution in [3.63, 3.8) is 0 Å². The number of alkyl halides is 1. The Morgan fingerprint density at radius 3 is 3.11 bits per heavy atom. The molecule has 1 heterocycles. The van der Waals surface area contributed by atoms with Crippen molar-refractivity contribution < 1.29 is 9.18 Å². The van der Waals surface area contributed by atoms with Crippen molar-refractivity contribution in [3.8, 4) is 0 Å². The van der Waals surface area contributed by atoms with Crippen molar-refractivity contribution in [2.24, 2.45) is 0 Å². The number of benzene rings is 1. The van der Waals surface area contributed by atoms with E-state index in [2.05, 4.69) is 10.2 Å². The Labute approximate surface area is 111 Å². The van der Waals surface area contributed by atoms with Crippen LogP contribution in [0.1, 0.15) is 12.8 Å². The molecule has 0 bridgehead atoms. The summed E-state index contributed by atoms with van der Waals surface area (Å²) >= 11 is 5.51. The Morgan fingerprint density at radius 2 is 2.39 bits per heavy atom.